The molecule has 0 aromatic heterocycles. The molecule has 100 valence electrons. The summed E-state index contributed by atoms with van der Waals surface area (Å²) in [7, 11) is 0. The summed E-state index contributed by atoms with van der Waals surface area (Å²) in [5, 5.41) is 9.96. The van der Waals surface area contributed by atoms with E-state index in [9.17, 15) is 5.11 Å². The second kappa shape index (κ2) is 6.76. The molecule has 18 heavy (non-hydrogen) atoms. The number of likely N-dealkylation sites (tertiary alicyclic amines) is 1. The highest BCUT2D eigenvalue weighted by Crippen LogP contribution is 2.16. The molecule has 0 amide bonds. The standard InChI is InChI=1S/C15H23NO2/c1-13-7-9-16(10-8-13)11-14(17)12-18-15-5-3-2-4-6-15/h2-6,13-14,17H,7-12H2,1H3. The van der Waals surface area contributed by atoms with Crippen LogP contribution in [0.2, 0.25) is 0 Å². The van der Waals surface area contributed by atoms with Crippen LogP contribution >= 0.6 is 0 Å². The molecule has 0 aliphatic carbocycles. The number of benzene rings is 1. The lowest BCUT2D eigenvalue weighted by Gasteiger charge is -2.31. The molecule has 0 spiro atoms. The van der Waals surface area contributed by atoms with Crippen molar-refractivity contribution in [2.45, 2.75) is 25.9 Å². The Morgan fingerprint density at radius 1 is 1.28 bits per heavy atom. The first-order valence-corrected chi connectivity index (χ1v) is 6.82. The third-order valence-electron chi connectivity index (χ3n) is 3.53. The third kappa shape index (κ3) is 4.31. The summed E-state index contributed by atoms with van der Waals surface area (Å²) in [6, 6.07) is 9.66. The van der Waals surface area contributed by atoms with E-state index in [1.807, 2.05) is 30.3 Å². The topological polar surface area (TPSA) is 32.7 Å². The molecule has 1 fully saturated rings. The molecule has 1 aliphatic rings. The lowest BCUT2D eigenvalue weighted by atomic mass is 9.99. The van der Waals surface area contributed by atoms with Gasteiger partial charge in [0.1, 0.15) is 18.5 Å². The zero-order valence-corrected chi connectivity index (χ0v) is 11.1. The van der Waals surface area contributed by atoms with Gasteiger partial charge in [0, 0.05) is 6.54 Å². The van der Waals surface area contributed by atoms with Gasteiger partial charge >= 0.3 is 0 Å². The molecular weight excluding hydrogens is 226 g/mol. The molecule has 3 heteroatoms. The Bertz CT molecular complexity index is 334. The van der Waals surface area contributed by atoms with Gasteiger partial charge in [0.05, 0.1) is 0 Å². The monoisotopic (exact) mass is 249 g/mol. The van der Waals surface area contributed by atoms with Gasteiger partial charge in [-0.3, -0.25) is 0 Å². The summed E-state index contributed by atoms with van der Waals surface area (Å²) in [4.78, 5) is 2.33. The fraction of sp³-hybridized carbons (Fsp3) is 0.600. The number of aliphatic hydroxyl groups is 1. The number of piperidine rings is 1. The fourth-order valence-corrected chi connectivity index (χ4v) is 2.30. The van der Waals surface area contributed by atoms with E-state index >= 15 is 0 Å². The molecule has 2 rings (SSSR count). The minimum atomic E-state index is -0.404. The van der Waals surface area contributed by atoms with Crippen molar-refractivity contribution in [2.24, 2.45) is 5.92 Å². The summed E-state index contributed by atoms with van der Waals surface area (Å²) in [5.74, 6) is 1.66. The largest absolute Gasteiger partial charge is 0.491 e. The molecule has 1 saturated heterocycles. The van der Waals surface area contributed by atoms with E-state index in [0.29, 0.717) is 6.61 Å². The average Bonchev–Trinajstić information content (AvgIpc) is 2.40. The first-order chi connectivity index (χ1) is 8.74. The smallest absolute Gasteiger partial charge is 0.119 e. The fourth-order valence-electron chi connectivity index (χ4n) is 2.30. The van der Waals surface area contributed by atoms with Crippen LogP contribution in [0.4, 0.5) is 0 Å². The van der Waals surface area contributed by atoms with Gasteiger partial charge in [-0.25, -0.2) is 0 Å². The van der Waals surface area contributed by atoms with Crippen molar-refractivity contribution < 1.29 is 9.84 Å². The van der Waals surface area contributed by atoms with Crippen LogP contribution in [0.25, 0.3) is 0 Å². The summed E-state index contributed by atoms with van der Waals surface area (Å²) in [6.07, 6.45) is 2.08. The second-order valence-corrected chi connectivity index (χ2v) is 5.26. The highest BCUT2D eigenvalue weighted by molar-refractivity contribution is 5.20. The lowest BCUT2D eigenvalue weighted by Crippen LogP contribution is -2.40. The Hall–Kier alpha value is -1.06. The Morgan fingerprint density at radius 3 is 2.61 bits per heavy atom. The predicted molar refractivity (Wildman–Crippen MR) is 72.8 cm³/mol. The van der Waals surface area contributed by atoms with Crippen LogP contribution in [0, 0.1) is 5.92 Å². The Morgan fingerprint density at radius 2 is 1.94 bits per heavy atom. The quantitative estimate of drug-likeness (QED) is 0.868. The molecule has 1 aromatic rings. The van der Waals surface area contributed by atoms with Crippen LogP contribution in [0.5, 0.6) is 5.75 Å². The Kier molecular flexibility index (Phi) is 5.02. The molecule has 1 atom stereocenters. The number of nitrogens with zero attached hydrogens (tertiary/aromatic N) is 1. The number of rotatable bonds is 5. The van der Waals surface area contributed by atoms with E-state index in [1.54, 1.807) is 0 Å². The Labute approximate surface area is 109 Å². The number of hydrogen-bond acceptors (Lipinski definition) is 3. The normalized spacial score (nSPS) is 19.7. The maximum atomic E-state index is 9.96. The van der Waals surface area contributed by atoms with Crippen LogP contribution < -0.4 is 4.74 Å². The van der Waals surface area contributed by atoms with Crippen molar-refractivity contribution in [1.82, 2.24) is 4.90 Å². The number of para-hydroxylation sites is 1. The van der Waals surface area contributed by atoms with Crippen molar-refractivity contribution >= 4 is 0 Å². The molecule has 1 N–H and O–H groups in total. The lowest BCUT2D eigenvalue weighted by molar-refractivity contribution is 0.0563. The van der Waals surface area contributed by atoms with Crippen LogP contribution in [0.15, 0.2) is 30.3 Å². The van der Waals surface area contributed by atoms with Crippen molar-refractivity contribution in [2.75, 3.05) is 26.2 Å². The van der Waals surface area contributed by atoms with Crippen LogP contribution in [0.1, 0.15) is 19.8 Å². The highest BCUT2D eigenvalue weighted by atomic mass is 16.5. The van der Waals surface area contributed by atoms with E-state index in [1.165, 1.54) is 12.8 Å². The molecular formula is C15H23NO2. The molecule has 1 aliphatic heterocycles. The van der Waals surface area contributed by atoms with Crippen molar-refractivity contribution in [3.05, 3.63) is 30.3 Å². The highest BCUT2D eigenvalue weighted by Gasteiger charge is 2.18. The van der Waals surface area contributed by atoms with Gasteiger partial charge in [-0.1, -0.05) is 25.1 Å². The molecule has 1 aromatic carbocycles. The van der Waals surface area contributed by atoms with Gasteiger partial charge in [0.15, 0.2) is 0 Å². The first-order valence-electron chi connectivity index (χ1n) is 6.82. The van der Waals surface area contributed by atoms with Gasteiger partial charge < -0.3 is 14.7 Å². The average molecular weight is 249 g/mol. The molecule has 0 saturated carbocycles. The summed E-state index contributed by atoms with van der Waals surface area (Å²) < 4.78 is 5.55. The number of β-amino-alcohol motifs (C(OH)–C–C–N with tert-alkyl or cyclic N) is 1. The van der Waals surface area contributed by atoms with E-state index in [4.69, 9.17) is 4.74 Å². The number of aliphatic hydroxyl groups excluding tert-OH is 1. The van der Waals surface area contributed by atoms with E-state index in [0.717, 1.165) is 31.3 Å². The minimum absolute atomic E-state index is 0.371. The third-order valence-corrected chi connectivity index (χ3v) is 3.53. The second-order valence-electron chi connectivity index (χ2n) is 5.26. The summed E-state index contributed by atoms with van der Waals surface area (Å²) >= 11 is 0. The van der Waals surface area contributed by atoms with Crippen LogP contribution in [0.3, 0.4) is 0 Å². The van der Waals surface area contributed by atoms with E-state index in [-0.39, 0.29) is 0 Å². The molecule has 0 bridgehead atoms. The zero-order chi connectivity index (χ0) is 12.8. The molecule has 3 nitrogen and oxygen atoms in total. The van der Waals surface area contributed by atoms with E-state index in [2.05, 4.69) is 11.8 Å². The van der Waals surface area contributed by atoms with Crippen molar-refractivity contribution in [3.8, 4) is 5.75 Å². The minimum Gasteiger partial charge on any atom is -0.491 e. The number of hydrogen-bond donors (Lipinski definition) is 1. The molecule has 1 unspecified atom stereocenters. The Balaban J connectivity index is 1.67. The summed E-state index contributed by atoms with van der Waals surface area (Å²) in [5.41, 5.74) is 0. The summed E-state index contributed by atoms with van der Waals surface area (Å²) in [6.45, 7) is 5.59. The van der Waals surface area contributed by atoms with E-state index < -0.39 is 6.10 Å². The molecule has 0 radical (unpaired) electrons. The van der Waals surface area contributed by atoms with Crippen LogP contribution in [-0.4, -0.2) is 42.4 Å². The first kappa shape index (κ1) is 13.4. The van der Waals surface area contributed by atoms with Gasteiger partial charge in [-0.15, -0.1) is 0 Å². The SMILES string of the molecule is CC1CCN(CC(O)COc2ccccc2)CC1. The zero-order valence-electron chi connectivity index (χ0n) is 11.1. The maximum absolute atomic E-state index is 9.96. The van der Waals surface area contributed by atoms with Crippen molar-refractivity contribution in [3.63, 3.8) is 0 Å². The van der Waals surface area contributed by atoms with Gasteiger partial charge in [-0.05, 0) is 44.0 Å². The van der Waals surface area contributed by atoms with Crippen LogP contribution in [-0.2, 0) is 0 Å². The van der Waals surface area contributed by atoms with Gasteiger partial charge in [-0.2, -0.15) is 0 Å². The predicted octanol–water partition coefficient (Wildman–Crippen LogP) is 2.16. The molecule has 1 heterocycles. The van der Waals surface area contributed by atoms with Gasteiger partial charge in [0.25, 0.3) is 0 Å². The maximum Gasteiger partial charge on any atom is 0.119 e. The van der Waals surface area contributed by atoms with Gasteiger partial charge in [0.2, 0.25) is 0 Å². The number of ether oxygens (including phenoxy) is 1. The van der Waals surface area contributed by atoms with Crippen molar-refractivity contribution in [1.29, 1.82) is 0 Å².